The van der Waals surface area contributed by atoms with E-state index < -0.39 is 0 Å². The van der Waals surface area contributed by atoms with Crippen LogP contribution in [0.4, 0.5) is 0 Å². The molecule has 2 aliphatic rings. The lowest BCUT2D eigenvalue weighted by molar-refractivity contribution is -0.119. The molecule has 0 radical (unpaired) electrons. The second kappa shape index (κ2) is 4.12. The number of carbonyl (C=O) groups is 1. The van der Waals surface area contributed by atoms with Crippen LogP contribution >= 0.6 is 0 Å². The predicted molar refractivity (Wildman–Crippen MR) is 71.7 cm³/mol. The van der Waals surface area contributed by atoms with Gasteiger partial charge in [-0.05, 0) is 49.5 Å². The lowest BCUT2D eigenvalue weighted by Gasteiger charge is -2.49. The summed E-state index contributed by atoms with van der Waals surface area (Å²) >= 11 is 0. The highest BCUT2D eigenvalue weighted by Gasteiger charge is 2.46. The third-order valence-corrected chi connectivity index (χ3v) is 5.34. The van der Waals surface area contributed by atoms with Crippen LogP contribution in [-0.4, -0.2) is 5.78 Å². The zero-order valence-corrected chi connectivity index (χ0v) is 11.5. The highest BCUT2D eigenvalue weighted by atomic mass is 16.1. The molecular formula is C16H24O. The largest absolute Gasteiger partial charge is 0.294 e. The summed E-state index contributed by atoms with van der Waals surface area (Å²) < 4.78 is 0. The Labute approximate surface area is 105 Å². The van der Waals surface area contributed by atoms with E-state index in [-0.39, 0.29) is 17.1 Å². The Bertz CT molecular complexity index is 390. The van der Waals surface area contributed by atoms with Crippen molar-refractivity contribution in [2.75, 3.05) is 0 Å². The molecule has 0 heterocycles. The fourth-order valence-electron chi connectivity index (χ4n) is 3.61. The van der Waals surface area contributed by atoms with Crippen LogP contribution in [0, 0.1) is 23.2 Å². The molecule has 0 amide bonds. The van der Waals surface area contributed by atoms with Crippen LogP contribution in [0.3, 0.4) is 0 Å². The third kappa shape index (κ3) is 1.90. The molecule has 0 aromatic heterocycles. The molecule has 4 atom stereocenters. The first-order chi connectivity index (χ1) is 7.86. The van der Waals surface area contributed by atoms with Crippen molar-refractivity contribution in [2.45, 2.75) is 47.0 Å². The Kier molecular flexibility index (Phi) is 3.05. The minimum atomic E-state index is 0.0523. The molecule has 1 fully saturated rings. The highest BCUT2D eigenvalue weighted by molar-refractivity contribution is 5.95. The fourth-order valence-corrected chi connectivity index (χ4v) is 3.61. The zero-order valence-electron chi connectivity index (χ0n) is 11.5. The topological polar surface area (TPSA) is 17.1 Å². The number of fused-ring (bicyclic) bond motifs is 1. The Morgan fingerprint density at radius 3 is 2.71 bits per heavy atom. The van der Waals surface area contributed by atoms with Gasteiger partial charge in [0.1, 0.15) is 0 Å². The zero-order chi connectivity index (χ0) is 12.8. The molecular weight excluding hydrogens is 208 g/mol. The molecule has 2 aliphatic carbocycles. The standard InChI is InChI=1S/C16H24O/c1-10(2)14-9-16(5)12(4)11(3)6-7-13(16)8-15(14)17/h8,11-12,14H,1,6-7,9H2,2-5H3/t11-,12+,14+,16-/m1/s1. The molecule has 1 saturated carbocycles. The Morgan fingerprint density at radius 1 is 1.47 bits per heavy atom. The van der Waals surface area contributed by atoms with Gasteiger partial charge < -0.3 is 0 Å². The monoisotopic (exact) mass is 232 g/mol. The number of hydrogen-bond acceptors (Lipinski definition) is 1. The minimum absolute atomic E-state index is 0.0523. The first-order valence-electron chi connectivity index (χ1n) is 6.76. The van der Waals surface area contributed by atoms with Crippen molar-refractivity contribution in [2.24, 2.45) is 23.2 Å². The van der Waals surface area contributed by atoms with Crippen molar-refractivity contribution < 1.29 is 4.79 Å². The van der Waals surface area contributed by atoms with Gasteiger partial charge in [0.2, 0.25) is 0 Å². The van der Waals surface area contributed by atoms with Crippen molar-refractivity contribution in [3.8, 4) is 0 Å². The Morgan fingerprint density at radius 2 is 2.12 bits per heavy atom. The molecule has 1 nitrogen and oxygen atoms in total. The van der Waals surface area contributed by atoms with Gasteiger partial charge in [-0.25, -0.2) is 0 Å². The van der Waals surface area contributed by atoms with Gasteiger partial charge in [0, 0.05) is 5.92 Å². The highest BCUT2D eigenvalue weighted by Crippen LogP contribution is 2.53. The summed E-state index contributed by atoms with van der Waals surface area (Å²) in [5.41, 5.74) is 2.64. The van der Waals surface area contributed by atoms with Crippen molar-refractivity contribution in [1.29, 1.82) is 0 Å². The summed E-state index contributed by atoms with van der Waals surface area (Å²) in [6, 6.07) is 0. The number of ketones is 1. The van der Waals surface area contributed by atoms with Gasteiger partial charge in [0.25, 0.3) is 0 Å². The van der Waals surface area contributed by atoms with Gasteiger partial charge in [-0.3, -0.25) is 4.79 Å². The average molecular weight is 232 g/mol. The van der Waals surface area contributed by atoms with E-state index in [0.717, 1.165) is 24.3 Å². The van der Waals surface area contributed by atoms with Crippen molar-refractivity contribution >= 4 is 5.78 Å². The van der Waals surface area contributed by atoms with Gasteiger partial charge in [0.05, 0.1) is 0 Å². The van der Waals surface area contributed by atoms with Crippen LogP contribution in [0.1, 0.15) is 47.0 Å². The lowest BCUT2D eigenvalue weighted by atomic mass is 9.55. The maximum atomic E-state index is 12.1. The van der Waals surface area contributed by atoms with Crippen LogP contribution in [0.15, 0.2) is 23.8 Å². The molecule has 17 heavy (non-hydrogen) atoms. The molecule has 0 aromatic rings. The number of carbonyl (C=O) groups excluding carboxylic acids is 1. The summed E-state index contributed by atoms with van der Waals surface area (Å²) in [6.07, 6.45) is 5.24. The van der Waals surface area contributed by atoms with Gasteiger partial charge >= 0.3 is 0 Å². The molecule has 0 unspecified atom stereocenters. The molecule has 94 valence electrons. The molecule has 0 saturated heterocycles. The van der Waals surface area contributed by atoms with Gasteiger partial charge in [-0.1, -0.05) is 38.5 Å². The maximum Gasteiger partial charge on any atom is 0.162 e. The summed E-state index contributed by atoms with van der Waals surface area (Å²) in [7, 11) is 0. The van der Waals surface area contributed by atoms with Gasteiger partial charge in [-0.15, -0.1) is 0 Å². The average Bonchev–Trinajstić information content (AvgIpc) is 2.26. The lowest BCUT2D eigenvalue weighted by Crippen LogP contribution is -2.42. The van der Waals surface area contributed by atoms with Gasteiger partial charge in [0.15, 0.2) is 5.78 Å². The van der Waals surface area contributed by atoms with E-state index >= 15 is 0 Å². The smallest absolute Gasteiger partial charge is 0.162 e. The molecule has 0 aromatic carbocycles. The molecule has 0 aliphatic heterocycles. The molecule has 0 spiro atoms. The number of allylic oxidation sites excluding steroid dienone is 3. The van der Waals surface area contributed by atoms with Crippen molar-refractivity contribution in [3.63, 3.8) is 0 Å². The van der Waals surface area contributed by atoms with E-state index in [1.54, 1.807) is 0 Å². The van der Waals surface area contributed by atoms with Crippen molar-refractivity contribution in [3.05, 3.63) is 23.8 Å². The molecule has 0 bridgehead atoms. The van der Waals surface area contributed by atoms with Crippen LogP contribution in [-0.2, 0) is 4.79 Å². The second-order valence-electron chi connectivity index (χ2n) is 6.40. The van der Waals surface area contributed by atoms with E-state index in [1.807, 2.05) is 13.0 Å². The summed E-state index contributed by atoms with van der Waals surface area (Å²) in [5.74, 6) is 1.76. The first-order valence-corrected chi connectivity index (χ1v) is 6.76. The van der Waals surface area contributed by atoms with Crippen LogP contribution < -0.4 is 0 Å². The Balaban J connectivity index is 2.39. The Hall–Kier alpha value is -0.850. The summed E-state index contributed by atoms with van der Waals surface area (Å²) in [4.78, 5) is 12.1. The number of hydrogen-bond donors (Lipinski definition) is 0. The second-order valence-corrected chi connectivity index (χ2v) is 6.40. The summed E-state index contributed by atoms with van der Waals surface area (Å²) in [5, 5.41) is 0. The van der Waals surface area contributed by atoms with Crippen LogP contribution in [0.2, 0.25) is 0 Å². The van der Waals surface area contributed by atoms with E-state index in [4.69, 9.17) is 0 Å². The first kappa shape index (κ1) is 12.6. The fraction of sp³-hybridized carbons (Fsp3) is 0.688. The van der Waals surface area contributed by atoms with E-state index in [0.29, 0.717) is 5.92 Å². The van der Waals surface area contributed by atoms with Gasteiger partial charge in [-0.2, -0.15) is 0 Å². The van der Waals surface area contributed by atoms with Crippen LogP contribution in [0.25, 0.3) is 0 Å². The third-order valence-electron chi connectivity index (χ3n) is 5.34. The van der Waals surface area contributed by atoms with E-state index in [2.05, 4.69) is 27.4 Å². The molecule has 2 rings (SSSR count). The number of rotatable bonds is 1. The molecule has 1 heteroatoms. The summed E-state index contributed by atoms with van der Waals surface area (Å²) in [6.45, 7) is 13.0. The quantitative estimate of drug-likeness (QED) is 0.621. The van der Waals surface area contributed by atoms with E-state index in [9.17, 15) is 4.79 Å². The predicted octanol–water partition coefficient (Wildman–Crippen LogP) is 4.15. The molecule has 0 N–H and O–H groups in total. The minimum Gasteiger partial charge on any atom is -0.294 e. The SMILES string of the molecule is C=C(C)[C@@H]1C[C@@]2(C)C(=CC1=O)CC[C@@H](C)[C@@H]2C. The van der Waals surface area contributed by atoms with Crippen molar-refractivity contribution in [1.82, 2.24) is 0 Å². The van der Waals surface area contributed by atoms with Crippen LogP contribution in [0.5, 0.6) is 0 Å². The normalized spacial score (nSPS) is 41.8. The maximum absolute atomic E-state index is 12.1. The van der Waals surface area contributed by atoms with E-state index in [1.165, 1.54) is 12.0 Å².